The summed E-state index contributed by atoms with van der Waals surface area (Å²) >= 11 is 0. The van der Waals surface area contributed by atoms with Crippen LogP contribution in [-0.4, -0.2) is 48.3 Å². The lowest BCUT2D eigenvalue weighted by atomic mass is 10.1. The minimum absolute atomic E-state index is 0.0396. The van der Waals surface area contributed by atoms with Crippen LogP contribution in [0.4, 0.5) is 18.9 Å². The second-order valence-corrected chi connectivity index (χ2v) is 7.21. The smallest absolute Gasteiger partial charge is 0.418 e. The first kappa shape index (κ1) is 23.7. The highest BCUT2D eigenvalue weighted by molar-refractivity contribution is 5.93. The molecule has 1 amide bonds. The third kappa shape index (κ3) is 7.35. The Morgan fingerprint density at radius 1 is 1.17 bits per heavy atom. The van der Waals surface area contributed by atoms with Gasteiger partial charge < -0.3 is 15.2 Å². The van der Waals surface area contributed by atoms with Crippen LogP contribution in [0.2, 0.25) is 0 Å². The molecular weight excluding hydrogens is 397 g/mol. The van der Waals surface area contributed by atoms with Crippen molar-refractivity contribution in [3.05, 3.63) is 59.2 Å². The Bertz CT molecular complexity index is 836. The predicted molar refractivity (Wildman–Crippen MR) is 110 cm³/mol. The van der Waals surface area contributed by atoms with Crippen LogP contribution in [0.15, 0.2) is 42.5 Å². The summed E-state index contributed by atoms with van der Waals surface area (Å²) in [5.41, 5.74) is 0.906. The molecule has 0 aliphatic heterocycles. The molecule has 0 heterocycles. The van der Waals surface area contributed by atoms with Crippen LogP contribution in [-0.2, 0) is 11.0 Å². The fraction of sp³-hybridized carbons (Fsp3) is 0.409. The monoisotopic (exact) mass is 424 g/mol. The SMILES string of the molecule is CCN(CC(=O)Nc1ccccc1C(F)(F)F)CC(O)COc1cc(C)cc(C)c1. The molecule has 1 unspecified atom stereocenters. The van der Waals surface area contributed by atoms with Gasteiger partial charge in [-0.05, 0) is 55.8 Å². The summed E-state index contributed by atoms with van der Waals surface area (Å²) in [6.45, 7) is 6.18. The molecule has 2 rings (SSSR count). The van der Waals surface area contributed by atoms with Gasteiger partial charge in [-0.1, -0.05) is 25.1 Å². The molecule has 0 bridgehead atoms. The van der Waals surface area contributed by atoms with Crippen molar-refractivity contribution < 1.29 is 27.8 Å². The number of likely N-dealkylation sites (N-methyl/N-ethyl adjacent to an activating group) is 1. The number of aryl methyl sites for hydroxylation is 2. The van der Waals surface area contributed by atoms with E-state index in [9.17, 15) is 23.1 Å². The van der Waals surface area contributed by atoms with Gasteiger partial charge in [0.15, 0.2) is 0 Å². The minimum Gasteiger partial charge on any atom is -0.491 e. The van der Waals surface area contributed by atoms with Gasteiger partial charge in [0.25, 0.3) is 0 Å². The molecule has 8 heteroatoms. The van der Waals surface area contributed by atoms with Crippen molar-refractivity contribution in [1.29, 1.82) is 0 Å². The molecule has 0 aliphatic rings. The molecule has 5 nitrogen and oxygen atoms in total. The van der Waals surface area contributed by atoms with Gasteiger partial charge in [0.2, 0.25) is 5.91 Å². The van der Waals surface area contributed by atoms with Gasteiger partial charge in [-0.2, -0.15) is 13.2 Å². The number of ether oxygens (including phenoxy) is 1. The first-order valence-electron chi connectivity index (χ1n) is 9.66. The summed E-state index contributed by atoms with van der Waals surface area (Å²) in [6.07, 6.45) is -5.42. The van der Waals surface area contributed by atoms with Gasteiger partial charge in [-0.3, -0.25) is 9.69 Å². The lowest BCUT2D eigenvalue weighted by Crippen LogP contribution is -2.40. The number of aliphatic hydroxyl groups is 1. The van der Waals surface area contributed by atoms with Gasteiger partial charge >= 0.3 is 6.18 Å². The minimum atomic E-state index is -4.56. The van der Waals surface area contributed by atoms with Gasteiger partial charge in [0.1, 0.15) is 18.5 Å². The Morgan fingerprint density at radius 2 is 1.80 bits per heavy atom. The number of hydrogen-bond acceptors (Lipinski definition) is 4. The first-order valence-corrected chi connectivity index (χ1v) is 9.66. The Labute approximate surface area is 174 Å². The molecule has 30 heavy (non-hydrogen) atoms. The maximum absolute atomic E-state index is 13.1. The van der Waals surface area contributed by atoms with Crippen LogP contribution >= 0.6 is 0 Å². The van der Waals surface area contributed by atoms with Crippen molar-refractivity contribution in [2.24, 2.45) is 0 Å². The molecule has 2 aromatic carbocycles. The first-order chi connectivity index (χ1) is 14.1. The predicted octanol–water partition coefficient (Wildman–Crippen LogP) is 4.02. The van der Waals surface area contributed by atoms with Gasteiger partial charge in [0.05, 0.1) is 17.8 Å². The average molecular weight is 424 g/mol. The fourth-order valence-corrected chi connectivity index (χ4v) is 3.10. The Balaban J connectivity index is 1.90. The summed E-state index contributed by atoms with van der Waals surface area (Å²) in [7, 11) is 0. The summed E-state index contributed by atoms with van der Waals surface area (Å²) in [4.78, 5) is 13.9. The number of para-hydroxylation sites is 1. The molecule has 0 radical (unpaired) electrons. The number of benzene rings is 2. The highest BCUT2D eigenvalue weighted by Gasteiger charge is 2.33. The topological polar surface area (TPSA) is 61.8 Å². The lowest BCUT2D eigenvalue weighted by Gasteiger charge is -2.23. The van der Waals surface area contributed by atoms with Crippen LogP contribution in [0.3, 0.4) is 0 Å². The molecule has 2 N–H and O–H groups in total. The zero-order chi connectivity index (χ0) is 22.3. The number of halogens is 3. The molecule has 2 aromatic rings. The number of carbonyl (C=O) groups is 1. The van der Waals surface area contributed by atoms with E-state index in [1.807, 2.05) is 32.0 Å². The molecule has 0 aromatic heterocycles. The van der Waals surface area contributed by atoms with Crippen LogP contribution in [0, 0.1) is 13.8 Å². The van der Waals surface area contributed by atoms with Crippen molar-refractivity contribution in [2.75, 3.05) is 31.6 Å². The maximum Gasteiger partial charge on any atom is 0.418 e. The van der Waals surface area contributed by atoms with Crippen LogP contribution < -0.4 is 10.1 Å². The van der Waals surface area contributed by atoms with E-state index in [2.05, 4.69) is 5.32 Å². The van der Waals surface area contributed by atoms with E-state index in [0.717, 1.165) is 17.2 Å². The summed E-state index contributed by atoms with van der Waals surface area (Å²) in [5, 5.41) is 12.6. The standard InChI is InChI=1S/C22H27F3N2O3/c1-4-27(12-17(28)14-30-18-10-15(2)9-16(3)11-18)13-21(29)26-20-8-6-5-7-19(20)22(23,24)25/h5-11,17,28H,4,12-14H2,1-3H3,(H,26,29). The van der Waals surface area contributed by atoms with E-state index in [-0.39, 0.29) is 25.4 Å². The number of nitrogens with zero attached hydrogens (tertiary/aromatic N) is 1. The molecule has 1 atom stereocenters. The number of hydrogen-bond donors (Lipinski definition) is 2. The number of nitrogens with one attached hydrogen (secondary N) is 1. The molecule has 0 saturated heterocycles. The van der Waals surface area contributed by atoms with E-state index < -0.39 is 23.8 Å². The van der Waals surface area contributed by atoms with Crippen molar-refractivity contribution in [3.8, 4) is 5.75 Å². The molecular formula is C22H27F3N2O3. The van der Waals surface area contributed by atoms with Gasteiger partial charge in [-0.25, -0.2) is 0 Å². The van der Waals surface area contributed by atoms with E-state index in [0.29, 0.717) is 12.3 Å². The normalized spacial score (nSPS) is 12.7. The van der Waals surface area contributed by atoms with Crippen LogP contribution in [0.25, 0.3) is 0 Å². The zero-order valence-corrected chi connectivity index (χ0v) is 17.3. The Kier molecular flexibility index (Phi) is 8.25. The largest absolute Gasteiger partial charge is 0.491 e. The lowest BCUT2D eigenvalue weighted by molar-refractivity contribution is -0.137. The van der Waals surface area contributed by atoms with E-state index in [1.54, 1.807) is 11.8 Å². The molecule has 0 aliphatic carbocycles. The fourth-order valence-electron chi connectivity index (χ4n) is 3.10. The molecule has 0 spiro atoms. The zero-order valence-electron chi connectivity index (χ0n) is 17.3. The number of anilines is 1. The second-order valence-electron chi connectivity index (χ2n) is 7.21. The number of carbonyl (C=O) groups excluding carboxylic acids is 1. The van der Waals surface area contributed by atoms with Crippen molar-refractivity contribution in [3.63, 3.8) is 0 Å². The van der Waals surface area contributed by atoms with Crippen LogP contribution in [0.5, 0.6) is 5.75 Å². The quantitative estimate of drug-likeness (QED) is 0.638. The number of aliphatic hydroxyl groups excluding tert-OH is 1. The summed E-state index contributed by atoms with van der Waals surface area (Å²) < 4.78 is 44.8. The Hall–Kier alpha value is -2.58. The summed E-state index contributed by atoms with van der Waals surface area (Å²) in [5.74, 6) is 0.0621. The number of amides is 1. The highest BCUT2D eigenvalue weighted by Crippen LogP contribution is 2.34. The average Bonchev–Trinajstić information content (AvgIpc) is 2.64. The number of alkyl halides is 3. The third-order valence-electron chi connectivity index (χ3n) is 4.43. The maximum atomic E-state index is 13.1. The molecule has 164 valence electrons. The van der Waals surface area contributed by atoms with Gasteiger partial charge in [-0.15, -0.1) is 0 Å². The second kappa shape index (κ2) is 10.4. The Morgan fingerprint density at radius 3 is 2.40 bits per heavy atom. The third-order valence-corrected chi connectivity index (χ3v) is 4.43. The van der Waals surface area contributed by atoms with Crippen molar-refractivity contribution in [2.45, 2.75) is 33.1 Å². The van der Waals surface area contributed by atoms with Crippen molar-refractivity contribution >= 4 is 11.6 Å². The molecule has 0 saturated carbocycles. The van der Waals surface area contributed by atoms with E-state index >= 15 is 0 Å². The number of rotatable bonds is 9. The van der Waals surface area contributed by atoms with E-state index in [1.165, 1.54) is 18.2 Å². The van der Waals surface area contributed by atoms with Crippen molar-refractivity contribution in [1.82, 2.24) is 4.90 Å². The highest BCUT2D eigenvalue weighted by atomic mass is 19.4. The van der Waals surface area contributed by atoms with E-state index in [4.69, 9.17) is 4.74 Å². The summed E-state index contributed by atoms with van der Waals surface area (Å²) in [6, 6.07) is 10.6. The van der Waals surface area contributed by atoms with Crippen LogP contribution in [0.1, 0.15) is 23.6 Å². The molecule has 0 fully saturated rings. The van der Waals surface area contributed by atoms with Gasteiger partial charge in [0, 0.05) is 6.54 Å².